The van der Waals surface area contributed by atoms with Crippen LogP contribution in [0.15, 0.2) is 0 Å². The lowest BCUT2D eigenvalue weighted by atomic mass is 10.2. The van der Waals surface area contributed by atoms with Gasteiger partial charge in [0.2, 0.25) is 0 Å². The normalized spacial score (nSPS) is 11.5. The lowest BCUT2D eigenvalue weighted by Crippen LogP contribution is -2.30. The zero-order chi connectivity index (χ0) is 10.8. The second-order valence-electron chi connectivity index (χ2n) is 2.75. The molecular formula is C8H18ClN3O2S. The van der Waals surface area contributed by atoms with Gasteiger partial charge >= 0.3 is 5.97 Å². The molecule has 0 fully saturated rings. The quantitative estimate of drug-likeness (QED) is 0.348. The average molecular weight is 256 g/mol. The van der Waals surface area contributed by atoms with Crippen LogP contribution in [0.1, 0.15) is 6.42 Å². The zero-order valence-electron chi connectivity index (χ0n) is 8.44. The van der Waals surface area contributed by atoms with Crippen molar-refractivity contribution in [2.45, 2.75) is 12.5 Å². The maximum atomic E-state index is 10.3. The average Bonchev–Trinajstić information content (AvgIpc) is 2.16. The number of hydrogen-bond donors (Lipinski definition) is 4. The van der Waals surface area contributed by atoms with Crippen molar-refractivity contribution >= 4 is 36.4 Å². The highest BCUT2D eigenvalue weighted by atomic mass is 35.5. The van der Waals surface area contributed by atoms with E-state index in [1.54, 1.807) is 11.8 Å². The van der Waals surface area contributed by atoms with Gasteiger partial charge in [0.1, 0.15) is 6.04 Å². The number of hydrogen-bond acceptors (Lipinski definition) is 5. The van der Waals surface area contributed by atoms with Gasteiger partial charge in [0.25, 0.3) is 0 Å². The molecule has 5 nitrogen and oxygen atoms in total. The minimum absolute atomic E-state index is 0. The molecule has 1 atom stereocenters. The third kappa shape index (κ3) is 11.6. The molecule has 0 saturated carbocycles. The molecule has 0 radical (unpaired) electrons. The second-order valence-corrected chi connectivity index (χ2v) is 3.98. The van der Waals surface area contributed by atoms with Crippen molar-refractivity contribution in [3.8, 4) is 0 Å². The first kappa shape index (κ1) is 17.1. The Labute approximate surface area is 100 Å². The Morgan fingerprint density at radius 1 is 1.60 bits per heavy atom. The third-order valence-corrected chi connectivity index (χ3v) is 2.58. The van der Waals surface area contributed by atoms with Crippen molar-refractivity contribution in [2.75, 3.05) is 24.6 Å². The predicted octanol–water partition coefficient (Wildman–Crippen LogP) is 0.183. The van der Waals surface area contributed by atoms with Gasteiger partial charge in [-0.2, -0.15) is 11.8 Å². The fraction of sp³-hybridized carbons (Fsp3) is 0.750. The molecule has 0 aliphatic carbocycles. The molecule has 0 aliphatic rings. The Kier molecular flexibility index (Phi) is 13.4. The Hall–Kier alpha value is -0.300. The summed E-state index contributed by atoms with van der Waals surface area (Å²) in [6.07, 6.45) is 1.82. The van der Waals surface area contributed by atoms with Gasteiger partial charge in [0.15, 0.2) is 0 Å². The van der Waals surface area contributed by atoms with Crippen LogP contribution in [0.3, 0.4) is 0 Å². The van der Waals surface area contributed by atoms with E-state index < -0.39 is 12.0 Å². The molecule has 7 heteroatoms. The van der Waals surface area contributed by atoms with Crippen molar-refractivity contribution in [3.05, 3.63) is 0 Å². The van der Waals surface area contributed by atoms with Crippen LogP contribution in [0.2, 0.25) is 0 Å². The van der Waals surface area contributed by atoms with Gasteiger partial charge in [0.05, 0.1) is 0 Å². The van der Waals surface area contributed by atoms with Crippen LogP contribution in [0.25, 0.3) is 0 Å². The van der Waals surface area contributed by atoms with Gasteiger partial charge in [-0.15, -0.1) is 12.4 Å². The first-order valence-corrected chi connectivity index (χ1v) is 5.59. The Bertz CT molecular complexity index is 183. The van der Waals surface area contributed by atoms with E-state index in [4.69, 9.17) is 16.2 Å². The lowest BCUT2D eigenvalue weighted by Gasteiger charge is -2.05. The second kappa shape index (κ2) is 11.8. The summed E-state index contributed by atoms with van der Waals surface area (Å²) in [5, 5.41) is 18.3. The number of carboxylic acids is 1. The van der Waals surface area contributed by atoms with E-state index in [-0.39, 0.29) is 12.4 Å². The number of carbonyl (C=O) groups is 1. The number of carboxylic acid groups (broad SMARTS) is 1. The molecule has 0 spiro atoms. The maximum Gasteiger partial charge on any atom is 0.320 e. The van der Waals surface area contributed by atoms with Crippen molar-refractivity contribution in [2.24, 2.45) is 5.73 Å². The molecule has 0 aromatic heterocycles. The molecule has 0 aromatic carbocycles. The summed E-state index contributed by atoms with van der Waals surface area (Å²) in [5.41, 5.74) is 5.32. The highest BCUT2D eigenvalue weighted by Gasteiger charge is 2.09. The number of nitrogens with two attached hydrogens (primary N) is 1. The summed E-state index contributed by atoms with van der Waals surface area (Å²) >= 11 is 1.67. The lowest BCUT2D eigenvalue weighted by molar-refractivity contribution is -0.138. The summed E-state index contributed by atoms with van der Waals surface area (Å²) in [7, 11) is 0. The molecule has 0 aliphatic heterocycles. The van der Waals surface area contributed by atoms with Crippen LogP contribution in [0.4, 0.5) is 0 Å². The molecule has 0 rings (SSSR count). The summed E-state index contributed by atoms with van der Waals surface area (Å²) < 4.78 is 0. The smallest absolute Gasteiger partial charge is 0.320 e. The molecule has 0 unspecified atom stereocenters. The SMILES string of the molecule is Cl.N=CCNCCSCC[C@H](N)C(=O)O. The van der Waals surface area contributed by atoms with Crippen molar-refractivity contribution in [1.29, 1.82) is 5.41 Å². The molecule has 15 heavy (non-hydrogen) atoms. The zero-order valence-corrected chi connectivity index (χ0v) is 10.1. The first-order valence-electron chi connectivity index (χ1n) is 4.44. The van der Waals surface area contributed by atoms with E-state index in [9.17, 15) is 4.79 Å². The van der Waals surface area contributed by atoms with Crippen molar-refractivity contribution < 1.29 is 9.90 Å². The van der Waals surface area contributed by atoms with E-state index in [0.29, 0.717) is 13.0 Å². The molecule has 0 amide bonds. The monoisotopic (exact) mass is 255 g/mol. The predicted molar refractivity (Wildman–Crippen MR) is 66.5 cm³/mol. The van der Waals surface area contributed by atoms with E-state index >= 15 is 0 Å². The van der Waals surface area contributed by atoms with Crippen LogP contribution in [0, 0.1) is 5.41 Å². The van der Waals surface area contributed by atoms with E-state index in [0.717, 1.165) is 18.1 Å². The van der Waals surface area contributed by atoms with Crippen LogP contribution >= 0.6 is 24.2 Å². The highest BCUT2D eigenvalue weighted by Crippen LogP contribution is 2.02. The summed E-state index contributed by atoms with van der Waals surface area (Å²) in [6.45, 7) is 1.43. The fourth-order valence-corrected chi connectivity index (χ4v) is 1.67. The van der Waals surface area contributed by atoms with Gasteiger partial charge < -0.3 is 21.6 Å². The van der Waals surface area contributed by atoms with E-state index in [1.807, 2.05) is 0 Å². The van der Waals surface area contributed by atoms with E-state index in [1.165, 1.54) is 6.21 Å². The summed E-state index contributed by atoms with van der Waals surface area (Å²) in [5.74, 6) is 0.743. The van der Waals surface area contributed by atoms with E-state index in [2.05, 4.69) is 5.32 Å². The number of nitrogens with one attached hydrogen (secondary N) is 2. The van der Waals surface area contributed by atoms with Crippen LogP contribution in [-0.2, 0) is 4.79 Å². The van der Waals surface area contributed by atoms with Gasteiger partial charge in [-0.1, -0.05) is 0 Å². The topological polar surface area (TPSA) is 99.2 Å². The number of thioether (sulfide) groups is 1. The Morgan fingerprint density at radius 2 is 2.27 bits per heavy atom. The van der Waals surface area contributed by atoms with Crippen LogP contribution < -0.4 is 11.1 Å². The summed E-state index contributed by atoms with van der Waals surface area (Å²) in [4.78, 5) is 10.3. The van der Waals surface area contributed by atoms with Crippen LogP contribution in [-0.4, -0.2) is 47.9 Å². The molecular weight excluding hydrogens is 238 g/mol. The third-order valence-electron chi connectivity index (χ3n) is 1.56. The van der Waals surface area contributed by atoms with Gasteiger partial charge in [-0.3, -0.25) is 4.79 Å². The minimum Gasteiger partial charge on any atom is -0.480 e. The van der Waals surface area contributed by atoms with Crippen molar-refractivity contribution in [3.63, 3.8) is 0 Å². The minimum atomic E-state index is -0.937. The van der Waals surface area contributed by atoms with Crippen molar-refractivity contribution in [1.82, 2.24) is 5.32 Å². The number of aliphatic carboxylic acids is 1. The van der Waals surface area contributed by atoms with Gasteiger partial charge in [0, 0.05) is 25.1 Å². The molecule has 0 aromatic rings. The molecule has 0 bridgehead atoms. The Morgan fingerprint density at radius 3 is 2.80 bits per heavy atom. The first-order chi connectivity index (χ1) is 6.68. The van der Waals surface area contributed by atoms with Crippen LogP contribution in [0.5, 0.6) is 0 Å². The number of rotatable bonds is 9. The molecule has 0 saturated heterocycles. The fourth-order valence-electron chi connectivity index (χ4n) is 0.754. The highest BCUT2D eigenvalue weighted by molar-refractivity contribution is 7.99. The van der Waals surface area contributed by atoms with Gasteiger partial charge in [-0.25, -0.2) is 0 Å². The van der Waals surface area contributed by atoms with Gasteiger partial charge in [-0.05, 0) is 12.2 Å². The molecule has 5 N–H and O–H groups in total. The Balaban J connectivity index is 0. The molecule has 90 valence electrons. The largest absolute Gasteiger partial charge is 0.480 e. The summed E-state index contributed by atoms with van der Waals surface area (Å²) in [6, 6.07) is -0.739. The molecule has 0 heterocycles. The maximum absolute atomic E-state index is 10.3. The number of halogens is 1. The standard InChI is InChI=1S/C8H17N3O2S.ClH/c9-2-3-11-4-6-14-5-1-7(10)8(12)13;/h2,7,9,11H,1,3-6,10H2,(H,12,13);1H/t7-;/m0./s1.